The van der Waals surface area contributed by atoms with E-state index in [4.69, 9.17) is 4.98 Å². The molecule has 0 amide bonds. The van der Waals surface area contributed by atoms with Crippen molar-refractivity contribution in [2.24, 2.45) is 0 Å². The molecule has 3 heteroatoms. The van der Waals surface area contributed by atoms with Gasteiger partial charge >= 0.3 is 0 Å². The maximum atomic E-state index is 5.04. The first-order chi connectivity index (χ1) is 17.3. The van der Waals surface area contributed by atoms with Gasteiger partial charge in [0.05, 0.1) is 5.52 Å². The van der Waals surface area contributed by atoms with Gasteiger partial charge in [-0.1, -0.05) is 105 Å². The van der Waals surface area contributed by atoms with E-state index < -0.39 is 0 Å². The molecule has 0 atom stereocenters. The van der Waals surface area contributed by atoms with Crippen LogP contribution in [0.15, 0.2) is 73.1 Å². The zero-order valence-electron chi connectivity index (χ0n) is 22.6. The van der Waals surface area contributed by atoms with Crippen molar-refractivity contribution in [2.75, 3.05) is 0 Å². The Hall–Kier alpha value is -3.59. The van der Waals surface area contributed by atoms with Crippen LogP contribution in [0.25, 0.3) is 16.7 Å². The summed E-state index contributed by atoms with van der Waals surface area (Å²) in [7, 11) is 0. The van der Waals surface area contributed by atoms with Crippen LogP contribution in [0.3, 0.4) is 0 Å². The highest BCUT2D eigenvalue weighted by atomic mass is 15.0. The Balaban J connectivity index is 1.69. The topological polar surface area (TPSA) is 17.8 Å². The second kappa shape index (κ2) is 9.46. The lowest BCUT2D eigenvalue weighted by Crippen LogP contribution is -2.56. The van der Waals surface area contributed by atoms with E-state index in [1.54, 1.807) is 0 Å². The highest BCUT2D eigenvalue weighted by Gasteiger charge is 2.28. The van der Waals surface area contributed by atoms with Crippen molar-refractivity contribution in [3.05, 3.63) is 112 Å². The summed E-state index contributed by atoms with van der Waals surface area (Å²) in [6.45, 7) is 15.7. The first kappa shape index (κ1) is 24.1. The lowest BCUT2D eigenvalue weighted by Gasteiger charge is -2.24. The molecule has 0 fully saturated rings. The second-order valence-corrected chi connectivity index (χ2v) is 10.4. The molecule has 5 rings (SSSR count). The largest absolute Gasteiger partial charge is 0.301 e. The number of fused-ring (bicyclic) bond motifs is 1. The van der Waals surface area contributed by atoms with E-state index in [1.807, 2.05) is 0 Å². The molecule has 2 heterocycles. The number of aryl methyl sites for hydroxylation is 7. The van der Waals surface area contributed by atoms with Crippen molar-refractivity contribution >= 4 is 34.0 Å². The number of rotatable bonds is 5. The smallest absolute Gasteiger partial charge is 0.244 e. The van der Waals surface area contributed by atoms with Gasteiger partial charge in [0.2, 0.25) is 6.71 Å². The number of aromatic nitrogens is 2. The number of pyridine rings is 1. The molecule has 0 saturated carbocycles. The zero-order chi connectivity index (χ0) is 25.6. The van der Waals surface area contributed by atoms with Gasteiger partial charge < -0.3 is 4.57 Å². The summed E-state index contributed by atoms with van der Waals surface area (Å²) in [6.07, 6.45) is 5.24. The van der Waals surface area contributed by atoms with Crippen molar-refractivity contribution in [3.8, 4) is 5.82 Å². The molecule has 2 nitrogen and oxygen atoms in total. The molecule has 0 aliphatic heterocycles. The minimum absolute atomic E-state index is 0.139. The zero-order valence-corrected chi connectivity index (χ0v) is 22.6. The average molecular weight is 470 g/mol. The molecule has 36 heavy (non-hydrogen) atoms. The molecule has 3 aromatic carbocycles. The molecule has 0 aliphatic carbocycles. The van der Waals surface area contributed by atoms with Crippen LogP contribution in [0.2, 0.25) is 0 Å². The molecule has 0 N–H and O–H groups in total. The second-order valence-electron chi connectivity index (χ2n) is 10.4. The van der Waals surface area contributed by atoms with Gasteiger partial charge in [-0.15, -0.1) is 0 Å². The molecule has 0 radical (unpaired) electrons. The predicted octanol–water partition coefficient (Wildman–Crippen LogP) is 5.95. The van der Waals surface area contributed by atoms with Gasteiger partial charge in [0.25, 0.3) is 0 Å². The Bertz CT molecular complexity index is 1470. The first-order valence-electron chi connectivity index (χ1n) is 13.0. The van der Waals surface area contributed by atoms with Crippen molar-refractivity contribution in [1.82, 2.24) is 9.55 Å². The minimum Gasteiger partial charge on any atom is -0.301 e. The Morgan fingerprint density at radius 3 is 1.81 bits per heavy atom. The molecule has 0 saturated heterocycles. The number of hydrogen-bond acceptors (Lipinski definition) is 1. The maximum absolute atomic E-state index is 5.04. The Morgan fingerprint density at radius 1 is 0.722 bits per heavy atom. The van der Waals surface area contributed by atoms with E-state index in [-0.39, 0.29) is 6.71 Å². The SMILES string of the molecule is CCc1cccc2ccn(-c3ccc(B(c4c(C)cc(C)cc4C)c4c(C)cc(C)cc4C)cn3)c12. The molecular weight excluding hydrogens is 435 g/mol. The molecule has 0 spiro atoms. The summed E-state index contributed by atoms with van der Waals surface area (Å²) >= 11 is 0. The van der Waals surface area contributed by atoms with E-state index in [1.165, 1.54) is 66.2 Å². The Morgan fingerprint density at radius 2 is 1.31 bits per heavy atom. The minimum atomic E-state index is 0.139. The number of nitrogens with zero attached hydrogens (tertiary/aromatic N) is 2. The summed E-state index contributed by atoms with van der Waals surface area (Å²) < 4.78 is 2.23. The van der Waals surface area contributed by atoms with Crippen LogP contribution in [0.1, 0.15) is 45.9 Å². The first-order valence-corrected chi connectivity index (χ1v) is 13.0. The lowest BCUT2D eigenvalue weighted by molar-refractivity contribution is 1.03. The van der Waals surface area contributed by atoms with Crippen molar-refractivity contribution in [2.45, 2.75) is 54.9 Å². The predicted molar refractivity (Wildman–Crippen MR) is 156 cm³/mol. The fourth-order valence-electron chi connectivity index (χ4n) is 6.23. The van der Waals surface area contributed by atoms with Gasteiger partial charge in [-0.3, -0.25) is 0 Å². The van der Waals surface area contributed by atoms with E-state index in [0.29, 0.717) is 0 Å². The molecule has 5 aromatic rings. The van der Waals surface area contributed by atoms with Gasteiger partial charge in [0, 0.05) is 17.8 Å². The number of para-hydroxylation sites is 1. The quantitative estimate of drug-likeness (QED) is 0.290. The molecule has 0 bridgehead atoms. The van der Waals surface area contributed by atoms with Crippen molar-refractivity contribution in [1.29, 1.82) is 0 Å². The molecule has 2 aromatic heterocycles. The highest BCUT2D eigenvalue weighted by Crippen LogP contribution is 2.23. The average Bonchev–Trinajstić information content (AvgIpc) is 3.26. The monoisotopic (exact) mass is 470 g/mol. The summed E-state index contributed by atoms with van der Waals surface area (Å²) in [4.78, 5) is 5.04. The van der Waals surface area contributed by atoms with Crippen molar-refractivity contribution in [3.63, 3.8) is 0 Å². The van der Waals surface area contributed by atoms with Crippen LogP contribution >= 0.6 is 0 Å². The van der Waals surface area contributed by atoms with E-state index >= 15 is 0 Å². The molecular formula is C33H35BN2. The normalized spacial score (nSPS) is 11.3. The van der Waals surface area contributed by atoms with E-state index in [0.717, 1.165) is 12.2 Å². The number of hydrogen-bond donors (Lipinski definition) is 0. The van der Waals surface area contributed by atoms with Gasteiger partial charge in [-0.25, -0.2) is 4.98 Å². The molecule has 0 unspecified atom stereocenters. The van der Waals surface area contributed by atoms with Crippen LogP contribution < -0.4 is 16.4 Å². The van der Waals surface area contributed by atoms with Gasteiger partial charge in [0.15, 0.2) is 0 Å². The van der Waals surface area contributed by atoms with Crippen molar-refractivity contribution < 1.29 is 0 Å². The van der Waals surface area contributed by atoms with Crippen LogP contribution in [-0.2, 0) is 6.42 Å². The third-order valence-corrected chi connectivity index (χ3v) is 7.58. The summed E-state index contributed by atoms with van der Waals surface area (Å²) in [5.74, 6) is 0.961. The Labute approximate surface area is 216 Å². The molecule has 180 valence electrons. The fraction of sp³-hybridized carbons (Fsp3) is 0.242. The van der Waals surface area contributed by atoms with Crippen LogP contribution in [-0.4, -0.2) is 16.3 Å². The Kier molecular flexibility index (Phi) is 6.34. The van der Waals surface area contributed by atoms with Crippen LogP contribution in [0, 0.1) is 41.5 Å². The van der Waals surface area contributed by atoms with E-state index in [2.05, 4.69) is 126 Å². The maximum Gasteiger partial charge on any atom is 0.244 e. The summed E-state index contributed by atoms with van der Waals surface area (Å²) in [5.41, 5.74) is 14.6. The fourth-order valence-corrected chi connectivity index (χ4v) is 6.23. The van der Waals surface area contributed by atoms with E-state index in [9.17, 15) is 0 Å². The van der Waals surface area contributed by atoms with Gasteiger partial charge in [-0.05, 0) is 65.7 Å². The highest BCUT2D eigenvalue weighted by molar-refractivity contribution is 6.96. The van der Waals surface area contributed by atoms with Crippen LogP contribution in [0.4, 0.5) is 0 Å². The third kappa shape index (κ3) is 4.17. The number of benzene rings is 3. The molecule has 0 aliphatic rings. The van der Waals surface area contributed by atoms with Gasteiger partial charge in [0.1, 0.15) is 5.82 Å². The van der Waals surface area contributed by atoms with Gasteiger partial charge in [-0.2, -0.15) is 0 Å². The summed E-state index contributed by atoms with van der Waals surface area (Å²) in [5, 5.41) is 1.26. The third-order valence-electron chi connectivity index (χ3n) is 7.58. The standard InChI is InChI=1S/C33H35BN2/c1-8-27-10-9-11-28-14-15-36(33(27)28)30-13-12-29(20-35-30)34(31-23(4)16-21(2)17-24(31)5)32-25(6)18-22(3)19-26(32)7/h9-20H,8H2,1-7H3. The summed E-state index contributed by atoms with van der Waals surface area (Å²) in [6, 6.07) is 22.5. The van der Waals surface area contributed by atoms with Crippen LogP contribution in [0.5, 0.6) is 0 Å². The lowest BCUT2D eigenvalue weighted by atomic mass is 9.34.